The molecule has 2 aromatic rings. The number of carbonyl (C=O) groups excluding carboxylic acids is 4. The Balaban J connectivity index is 1.55. The second kappa shape index (κ2) is 22.2. The highest BCUT2D eigenvalue weighted by atomic mass is 16.6. The van der Waals surface area contributed by atoms with Crippen molar-refractivity contribution in [3.05, 3.63) is 71.8 Å². The Morgan fingerprint density at radius 2 is 1.30 bits per heavy atom. The quantitative estimate of drug-likeness (QED) is 0.0633. The Hall–Kier alpha value is -4.86. The molecule has 5 unspecified atom stereocenters. The maximum Gasteiger partial charge on any atom is 0.344 e. The fraction of sp³-hybridized carbons (Fsp3) is 0.571. The summed E-state index contributed by atoms with van der Waals surface area (Å²) in [6.07, 6.45) is 1.67. The molecule has 15 nitrogen and oxygen atoms in total. The van der Waals surface area contributed by atoms with Crippen molar-refractivity contribution in [3.8, 4) is 0 Å². The SMILES string of the molecule is CC(C)CC(NC(=O)C(CCc1ccccc1)NC(=O)CN1CCOCC1)C(=O)NC(Cc1ccccc1)C(=O)NC(CC(C)C)C(=NOCC(=O)O)C1(C)CO1. The van der Waals surface area contributed by atoms with Crippen LogP contribution >= 0.6 is 0 Å². The van der Waals surface area contributed by atoms with Crippen LogP contribution in [0, 0.1) is 11.8 Å². The molecule has 5 atom stereocenters. The molecule has 2 aromatic carbocycles. The second-order valence-electron chi connectivity index (χ2n) is 15.8. The molecule has 0 aromatic heterocycles. The van der Waals surface area contributed by atoms with Crippen LogP contribution < -0.4 is 21.3 Å². The monoisotopic (exact) mass is 792 g/mol. The van der Waals surface area contributed by atoms with Gasteiger partial charge >= 0.3 is 5.97 Å². The van der Waals surface area contributed by atoms with Crippen LogP contribution in [0.1, 0.15) is 65.0 Å². The van der Waals surface area contributed by atoms with Crippen LogP contribution in [0.15, 0.2) is 65.8 Å². The van der Waals surface area contributed by atoms with Gasteiger partial charge in [-0.2, -0.15) is 0 Å². The molecular weight excluding hydrogens is 732 g/mol. The van der Waals surface area contributed by atoms with E-state index in [2.05, 4.69) is 26.4 Å². The molecule has 15 heteroatoms. The average Bonchev–Trinajstić information content (AvgIpc) is 3.92. The van der Waals surface area contributed by atoms with Gasteiger partial charge in [0.2, 0.25) is 30.2 Å². The molecule has 312 valence electrons. The van der Waals surface area contributed by atoms with Crippen molar-refractivity contribution in [2.45, 2.75) is 96.5 Å². The van der Waals surface area contributed by atoms with Crippen molar-refractivity contribution in [2.75, 3.05) is 46.1 Å². The smallest absolute Gasteiger partial charge is 0.344 e. The van der Waals surface area contributed by atoms with Gasteiger partial charge in [-0.1, -0.05) is 93.5 Å². The first-order valence-electron chi connectivity index (χ1n) is 19.9. The van der Waals surface area contributed by atoms with Gasteiger partial charge in [-0.15, -0.1) is 0 Å². The number of aliphatic carboxylic acids is 1. The molecular formula is C42H60N6O9. The van der Waals surface area contributed by atoms with Crippen LogP contribution in [0.4, 0.5) is 0 Å². The van der Waals surface area contributed by atoms with Gasteiger partial charge in [0.05, 0.1) is 32.4 Å². The Bertz CT molecular complexity index is 1650. The number of benzene rings is 2. The molecule has 0 aliphatic carbocycles. The maximum atomic E-state index is 14.3. The van der Waals surface area contributed by atoms with E-state index in [0.29, 0.717) is 57.9 Å². The minimum absolute atomic E-state index is 0.0135. The predicted octanol–water partition coefficient (Wildman–Crippen LogP) is 2.47. The molecule has 2 heterocycles. The van der Waals surface area contributed by atoms with E-state index >= 15 is 0 Å². The van der Waals surface area contributed by atoms with Crippen molar-refractivity contribution >= 4 is 35.3 Å². The normalized spacial score (nSPS) is 19.2. The Morgan fingerprint density at radius 1 is 0.772 bits per heavy atom. The third-order valence-electron chi connectivity index (χ3n) is 9.77. The topological polar surface area (TPSA) is 200 Å². The van der Waals surface area contributed by atoms with Gasteiger partial charge < -0.3 is 40.7 Å². The molecule has 2 fully saturated rings. The highest BCUT2D eigenvalue weighted by Gasteiger charge is 2.49. The van der Waals surface area contributed by atoms with E-state index < -0.39 is 60.1 Å². The number of carbonyl (C=O) groups is 5. The summed E-state index contributed by atoms with van der Waals surface area (Å²) in [7, 11) is 0. The lowest BCUT2D eigenvalue weighted by atomic mass is 9.92. The number of carboxylic acid groups (broad SMARTS) is 1. The van der Waals surface area contributed by atoms with Crippen molar-refractivity contribution in [2.24, 2.45) is 17.0 Å². The molecule has 2 aliphatic rings. The number of nitrogens with zero attached hydrogens (tertiary/aromatic N) is 2. The average molecular weight is 793 g/mol. The Kier molecular flexibility index (Phi) is 17.4. The van der Waals surface area contributed by atoms with Crippen molar-refractivity contribution in [3.63, 3.8) is 0 Å². The molecule has 5 N–H and O–H groups in total. The number of ether oxygens (including phenoxy) is 2. The first-order chi connectivity index (χ1) is 27.2. The zero-order valence-corrected chi connectivity index (χ0v) is 33.8. The molecule has 4 amide bonds. The molecule has 2 aliphatic heterocycles. The number of amides is 4. The largest absolute Gasteiger partial charge is 0.479 e. The fourth-order valence-corrected chi connectivity index (χ4v) is 6.66. The van der Waals surface area contributed by atoms with Crippen molar-refractivity contribution in [1.29, 1.82) is 0 Å². The Labute approximate surface area is 335 Å². The highest BCUT2D eigenvalue weighted by Crippen LogP contribution is 2.31. The number of hydrogen-bond acceptors (Lipinski definition) is 10. The Morgan fingerprint density at radius 3 is 1.88 bits per heavy atom. The molecule has 0 radical (unpaired) electrons. The minimum atomic E-state index is -1.20. The van der Waals surface area contributed by atoms with Gasteiger partial charge in [-0.25, -0.2) is 4.79 Å². The number of nitrogens with one attached hydrogen (secondary N) is 4. The molecule has 0 spiro atoms. The highest BCUT2D eigenvalue weighted by molar-refractivity contribution is 6.01. The number of carboxylic acids is 1. The van der Waals surface area contributed by atoms with Crippen LogP contribution in [0.3, 0.4) is 0 Å². The van der Waals surface area contributed by atoms with Crippen LogP contribution in [-0.4, -0.2) is 121 Å². The third kappa shape index (κ3) is 15.5. The second-order valence-corrected chi connectivity index (χ2v) is 15.8. The summed E-state index contributed by atoms with van der Waals surface area (Å²) in [5.74, 6) is -2.98. The van der Waals surface area contributed by atoms with Gasteiger partial charge in [-0.05, 0) is 55.6 Å². The lowest BCUT2D eigenvalue weighted by Crippen LogP contribution is -2.59. The minimum Gasteiger partial charge on any atom is -0.479 e. The van der Waals surface area contributed by atoms with Crippen LogP contribution in [-0.2, 0) is 51.1 Å². The lowest BCUT2D eigenvalue weighted by molar-refractivity contribution is -0.142. The number of hydrogen-bond donors (Lipinski definition) is 5. The van der Waals surface area contributed by atoms with E-state index in [9.17, 15) is 24.0 Å². The van der Waals surface area contributed by atoms with Gasteiger partial charge in [-0.3, -0.25) is 24.1 Å². The van der Waals surface area contributed by atoms with E-state index in [0.717, 1.165) is 11.1 Å². The summed E-state index contributed by atoms with van der Waals surface area (Å²) in [6, 6.07) is 15.2. The van der Waals surface area contributed by atoms with Crippen LogP contribution in [0.5, 0.6) is 0 Å². The molecule has 0 saturated carbocycles. The van der Waals surface area contributed by atoms with Crippen molar-refractivity contribution < 1.29 is 43.4 Å². The zero-order chi connectivity index (χ0) is 41.4. The summed E-state index contributed by atoms with van der Waals surface area (Å²) in [4.78, 5) is 74.1. The third-order valence-corrected chi connectivity index (χ3v) is 9.77. The van der Waals surface area contributed by atoms with E-state index in [1.807, 2.05) is 93.3 Å². The number of rotatable bonds is 23. The van der Waals surface area contributed by atoms with Gasteiger partial charge in [0, 0.05) is 19.5 Å². The maximum absolute atomic E-state index is 14.3. The van der Waals surface area contributed by atoms with E-state index in [-0.39, 0.29) is 37.1 Å². The standard InChI is InChI=1S/C42H60N6O9/c1-28(2)22-33(38(42(5)27-56-42)47-57-26-37(50)51)44-41(54)35(24-31-14-10-7-11-15-31)46-40(53)34(23-29(3)4)45-39(52)32(17-16-30-12-8-6-9-13-30)43-36(49)25-48-18-20-55-21-19-48/h6-15,28-29,32-35H,16-27H2,1-5H3,(H,43,49)(H,44,54)(H,45,52)(H,46,53)(H,50,51). The summed E-state index contributed by atoms with van der Waals surface area (Å²) < 4.78 is 11.1. The number of epoxide rings is 1. The summed E-state index contributed by atoms with van der Waals surface area (Å²) in [6.45, 7) is 11.7. The number of oxime groups is 1. The number of aryl methyl sites for hydroxylation is 1. The van der Waals surface area contributed by atoms with Gasteiger partial charge in [0.25, 0.3) is 0 Å². The van der Waals surface area contributed by atoms with Crippen LogP contribution in [0.2, 0.25) is 0 Å². The van der Waals surface area contributed by atoms with E-state index in [1.165, 1.54) is 0 Å². The van der Waals surface area contributed by atoms with Gasteiger partial charge in [0.1, 0.15) is 29.4 Å². The summed E-state index contributed by atoms with van der Waals surface area (Å²) in [5, 5.41) is 25.1. The fourth-order valence-electron chi connectivity index (χ4n) is 6.66. The first kappa shape index (κ1) is 44.8. The molecule has 0 bridgehead atoms. The zero-order valence-electron chi connectivity index (χ0n) is 33.8. The molecule has 4 rings (SSSR count). The first-order valence-corrected chi connectivity index (χ1v) is 19.9. The van der Waals surface area contributed by atoms with Gasteiger partial charge in [0.15, 0.2) is 0 Å². The number of morpholine rings is 1. The molecule has 57 heavy (non-hydrogen) atoms. The molecule has 2 saturated heterocycles. The van der Waals surface area contributed by atoms with Crippen LogP contribution in [0.25, 0.3) is 0 Å². The van der Waals surface area contributed by atoms with E-state index in [4.69, 9.17) is 19.4 Å². The summed E-state index contributed by atoms with van der Waals surface area (Å²) >= 11 is 0. The van der Waals surface area contributed by atoms with E-state index in [1.54, 1.807) is 6.92 Å². The lowest BCUT2D eigenvalue weighted by Gasteiger charge is -2.29. The summed E-state index contributed by atoms with van der Waals surface area (Å²) in [5.41, 5.74) is 1.29. The van der Waals surface area contributed by atoms with Crippen molar-refractivity contribution in [1.82, 2.24) is 26.2 Å². The predicted molar refractivity (Wildman–Crippen MR) is 214 cm³/mol.